The van der Waals surface area contributed by atoms with Gasteiger partial charge in [-0.1, -0.05) is 24.4 Å². The number of hydrogen-bond acceptors (Lipinski definition) is 4. The lowest BCUT2D eigenvalue weighted by atomic mass is 10.2. The lowest BCUT2D eigenvalue weighted by Gasteiger charge is -2.21. The molecule has 1 saturated heterocycles. The van der Waals surface area contributed by atoms with E-state index in [4.69, 9.17) is 11.6 Å². The van der Waals surface area contributed by atoms with Crippen molar-refractivity contribution in [3.05, 3.63) is 17.5 Å². The Morgan fingerprint density at radius 2 is 1.83 bits per heavy atom. The summed E-state index contributed by atoms with van der Waals surface area (Å²) in [6.07, 6.45) is 7.48. The number of nitrogens with one attached hydrogen (secondary N) is 2. The Bertz CT molecular complexity index is 406. The van der Waals surface area contributed by atoms with E-state index in [0.29, 0.717) is 5.82 Å². The fraction of sp³-hybridized carbons (Fsp3) is 0.545. The Hall–Kier alpha value is -1.56. The van der Waals surface area contributed by atoms with Gasteiger partial charge >= 0.3 is 6.03 Å². The second kappa shape index (κ2) is 6.39. The van der Waals surface area contributed by atoms with Gasteiger partial charge in [-0.2, -0.15) is 0 Å². The summed E-state index contributed by atoms with van der Waals surface area (Å²) >= 11 is 5.82. The average molecular weight is 270 g/mol. The van der Waals surface area contributed by atoms with E-state index in [1.807, 2.05) is 0 Å². The van der Waals surface area contributed by atoms with Crippen molar-refractivity contribution in [1.82, 2.24) is 20.3 Å². The molecule has 0 radical (unpaired) electrons. The highest BCUT2D eigenvalue weighted by molar-refractivity contribution is 6.31. The molecule has 98 valence electrons. The standard InChI is InChI=1S/C11H16ClN5O/c12-9-10(14-6-5-13-9)15-16-11(18)17-7-3-1-2-4-8-17/h5-6H,1-4,7-8H2,(H,14,15)(H,16,18). The summed E-state index contributed by atoms with van der Waals surface area (Å²) in [5.74, 6) is 0.349. The van der Waals surface area contributed by atoms with Gasteiger partial charge in [-0.25, -0.2) is 14.8 Å². The molecule has 7 heteroatoms. The summed E-state index contributed by atoms with van der Waals surface area (Å²) in [6.45, 7) is 1.59. The Labute approximate surface area is 111 Å². The van der Waals surface area contributed by atoms with Crippen LogP contribution in [0.1, 0.15) is 25.7 Å². The third-order valence-corrected chi connectivity index (χ3v) is 3.11. The molecular formula is C11H16ClN5O. The van der Waals surface area contributed by atoms with E-state index in [1.165, 1.54) is 25.2 Å². The van der Waals surface area contributed by atoms with Crippen molar-refractivity contribution in [1.29, 1.82) is 0 Å². The molecule has 2 amide bonds. The van der Waals surface area contributed by atoms with E-state index >= 15 is 0 Å². The van der Waals surface area contributed by atoms with E-state index in [-0.39, 0.29) is 11.2 Å². The Balaban J connectivity index is 1.86. The maximum Gasteiger partial charge on any atom is 0.336 e. The average Bonchev–Trinajstić information content (AvgIpc) is 2.66. The lowest BCUT2D eigenvalue weighted by molar-refractivity contribution is 0.202. The second-order valence-electron chi connectivity index (χ2n) is 4.15. The van der Waals surface area contributed by atoms with Crippen LogP contribution in [0.3, 0.4) is 0 Å². The third-order valence-electron chi connectivity index (χ3n) is 2.83. The van der Waals surface area contributed by atoms with Gasteiger partial charge in [0, 0.05) is 25.5 Å². The van der Waals surface area contributed by atoms with Crippen LogP contribution in [-0.4, -0.2) is 34.0 Å². The first kappa shape index (κ1) is 12.9. The van der Waals surface area contributed by atoms with Crippen molar-refractivity contribution in [3.8, 4) is 0 Å². The number of urea groups is 1. The number of hydrazine groups is 1. The van der Waals surface area contributed by atoms with Crippen molar-refractivity contribution >= 4 is 23.4 Å². The number of hydrogen-bond donors (Lipinski definition) is 2. The zero-order chi connectivity index (χ0) is 12.8. The molecule has 1 aromatic rings. The first-order valence-electron chi connectivity index (χ1n) is 6.05. The Kier molecular flexibility index (Phi) is 4.58. The number of aromatic nitrogens is 2. The topological polar surface area (TPSA) is 70.1 Å². The molecule has 0 aromatic carbocycles. The molecule has 0 saturated carbocycles. The Morgan fingerprint density at radius 3 is 2.50 bits per heavy atom. The second-order valence-corrected chi connectivity index (χ2v) is 4.51. The largest absolute Gasteiger partial charge is 0.336 e. The van der Waals surface area contributed by atoms with Crippen LogP contribution in [0.25, 0.3) is 0 Å². The zero-order valence-corrected chi connectivity index (χ0v) is 10.8. The molecule has 1 aliphatic heterocycles. The quantitative estimate of drug-likeness (QED) is 0.806. The SMILES string of the molecule is O=C(NNc1nccnc1Cl)N1CCCCCC1. The number of nitrogens with zero attached hydrogens (tertiary/aromatic N) is 3. The van der Waals surface area contributed by atoms with Gasteiger partial charge in [0.25, 0.3) is 0 Å². The molecular weight excluding hydrogens is 254 g/mol. The van der Waals surface area contributed by atoms with Gasteiger partial charge in [0.15, 0.2) is 11.0 Å². The first-order chi connectivity index (χ1) is 8.77. The first-order valence-corrected chi connectivity index (χ1v) is 6.42. The molecule has 18 heavy (non-hydrogen) atoms. The number of halogens is 1. The van der Waals surface area contributed by atoms with Crippen molar-refractivity contribution in [2.75, 3.05) is 18.5 Å². The molecule has 0 bridgehead atoms. The molecule has 6 nitrogen and oxygen atoms in total. The van der Waals surface area contributed by atoms with Crippen LogP contribution in [0, 0.1) is 0 Å². The highest BCUT2D eigenvalue weighted by Gasteiger charge is 2.15. The Morgan fingerprint density at radius 1 is 1.17 bits per heavy atom. The van der Waals surface area contributed by atoms with Crippen LogP contribution in [-0.2, 0) is 0 Å². The molecule has 0 atom stereocenters. The minimum atomic E-state index is -0.154. The van der Waals surface area contributed by atoms with Crippen molar-refractivity contribution < 1.29 is 4.79 Å². The summed E-state index contributed by atoms with van der Waals surface area (Å²) in [4.78, 5) is 21.5. The van der Waals surface area contributed by atoms with Crippen LogP contribution >= 0.6 is 11.6 Å². The number of rotatable bonds is 2. The molecule has 1 aliphatic rings. The summed E-state index contributed by atoms with van der Waals surface area (Å²) in [5, 5.41) is 0.230. The number of anilines is 1. The minimum Gasteiger partial charge on any atom is -0.323 e. The van der Waals surface area contributed by atoms with E-state index in [0.717, 1.165) is 25.9 Å². The molecule has 1 aromatic heterocycles. The molecule has 2 heterocycles. The lowest BCUT2D eigenvalue weighted by Crippen LogP contribution is -2.43. The van der Waals surface area contributed by atoms with Gasteiger partial charge in [-0.15, -0.1) is 0 Å². The fourth-order valence-corrected chi connectivity index (χ4v) is 2.02. The van der Waals surface area contributed by atoms with E-state index in [2.05, 4.69) is 20.8 Å². The number of carbonyl (C=O) groups excluding carboxylic acids is 1. The highest BCUT2D eigenvalue weighted by atomic mass is 35.5. The van der Waals surface area contributed by atoms with Crippen molar-refractivity contribution in [3.63, 3.8) is 0 Å². The van der Waals surface area contributed by atoms with Crippen LogP contribution in [0.2, 0.25) is 5.15 Å². The van der Waals surface area contributed by atoms with Crippen LogP contribution in [0.15, 0.2) is 12.4 Å². The van der Waals surface area contributed by atoms with E-state index in [1.54, 1.807) is 4.90 Å². The molecule has 0 aliphatic carbocycles. The maximum absolute atomic E-state index is 11.9. The number of likely N-dealkylation sites (tertiary alicyclic amines) is 1. The predicted molar refractivity (Wildman–Crippen MR) is 69.2 cm³/mol. The van der Waals surface area contributed by atoms with Crippen molar-refractivity contribution in [2.24, 2.45) is 0 Å². The number of carbonyl (C=O) groups is 1. The summed E-state index contributed by atoms with van der Waals surface area (Å²) < 4.78 is 0. The van der Waals surface area contributed by atoms with E-state index < -0.39 is 0 Å². The molecule has 0 unspecified atom stereocenters. The third kappa shape index (κ3) is 3.46. The monoisotopic (exact) mass is 269 g/mol. The number of amides is 2. The van der Waals surface area contributed by atoms with Gasteiger partial charge in [0.1, 0.15) is 0 Å². The van der Waals surface area contributed by atoms with Crippen LogP contribution < -0.4 is 10.9 Å². The molecule has 2 N–H and O–H groups in total. The normalized spacial score (nSPS) is 15.9. The fourth-order valence-electron chi connectivity index (χ4n) is 1.87. The zero-order valence-electron chi connectivity index (χ0n) is 10.0. The van der Waals surface area contributed by atoms with Gasteiger partial charge in [-0.05, 0) is 12.8 Å². The maximum atomic E-state index is 11.9. The predicted octanol–water partition coefficient (Wildman–Crippen LogP) is 2.04. The van der Waals surface area contributed by atoms with Gasteiger partial charge in [0.2, 0.25) is 0 Å². The van der Waals surface area contributed by atoms with Gasteiger partial charge in [-0.3, -0.25) is 10.9 Å². The van der Waals surface area contributed by atoms with Crippen LogP contribution in [0.5, 0.6) is 0 Å². The van der Waals surface area contributed by atoms with Crippen molar-refractivity contribution in [2.45, 2.75) is 25.7 Å². The summed E-state index contributed by atoms with van der Waals surface area (Å²) in [7, 11) is 0. The van der Waals surface area contributed by atoms with Crippen LogP contribution in [0.4, 0.5) is 10.6 Å². The summed E-state index contributed by atoms with van der Waals surface area (Å²) in [6, 6.07) is -0.154. The minimum absolute atomic E-state index is 0.154. The van der Waals surface area contributed by atoms with E-state index in [9.17, 15) is 4.79 Å². The highest BCUT2D eigenvalue weighted by Crippen LogP contribution is 2.13. The van der Waals surface area contributed by atoms with Gasteiger partial charge < -0.3 is 4.90 Å². The smallest absolute Gasteiger partial charge is 0.323 e. The summed E-state index contributed by atoms with van der Waals surface area (Å²) in [5.41, 5.74) is 5.27. The molecule has 1 fully saturated rings. The molecule has 2 rings (SSSR count). The van der Waals surface area contributed by atoms with Gasteiger partial charge in [0.05, 0.1) is 0 Å². The molecule has 0 spiro atoms.